The second-order valence-corrected chi connectivity index (χ2v) is 6.00. The van der Waals surface area contributed by atoms with E-state index in [0.29, 0.717) is 49.3 Å². The summed E-state index contributed by atoms with van der Waals surface area (Å²) in [6.07, 6.45) is 0. The van der Waals surface area contributed by atoms with Gasteiger partial charge < -0.3 is 19.5 Å². The van der Waals surface area contributed by atoms with E-state index in [2.05, 4.69) is 5.32 Å². The standard InChI is InChI=1S/C18H20N2O4S/c19-14-16-6-7-17(25-16)18(21)20-8-9-22-10-11-23-12-13-24-15-4-2-1-3-5-15/h1-7H,8-13H2,(H,20,21). The molecule has 0 bridgehead atoms. The maximum atomic E-state index is 11.8. The highest BCUT2D eigenvalue weighted by atomic mass is 32.1. The fraction of sp³-hybridized carbons (Fsp3) is 0.333. The molecular formula is C18H20N2O4S. The van der Waals surface area contributed by atoms with Crippen molar-refractivity contribution in [2.45, 2.75) is 0 Å². The van der Waals surface area contributed by atoms with E-state index in [0.717, 1.165) is 5.75 Å². The van der Waals surface area contributed by atoms with Crippen LogP contribution in [0.2, 0.25) is 0 Å². The van der Waals surface area contributed by atoms with Crippen molar-refractivity contribution >= 4 is 17.2 Å². The summed E-state index contributed by atoms with van der Waals surface area (Å²) >= 11 is 1.17. The number of nitriles is 1. The number of rotatable bonds is 11. The van der Waals surface area contributed by atoms with Crippen molar-refractivity contribution in [3.8, 4) is 11.8 Å². The summed E-state index contributed by atoms with van der Waals surface area (Å²) in [7, 11) is 0. The van der Waals surface area contributed by atoms with Crippen molar-refractivity contribution in [1.29, 1.82) is 5.26 Å². The zero-order chi connectivity index (χ0) is 17.7. The Balaban J connectivity index is 1.42. The van der Waals surface area contributed by atoms with Gasteiger partial charge in [0.2, 0.25) is 0 Å². The van der Waals surface area contributed by atoms with Gasteiger partial charge in [0.25, 0.3) is 5.91 Å². The number of carbonyl (C=O) groups is 1. The van der Waals surface area contributed by atoms with Gasteiger partial charge in [0.15, 0.2) is 0 Å². The molecule has 0 spiro atoms. The molecule has 0 aliphatic carbocycles. The Kier molecular flexibility index (Phi) is 8.49. The summed E-state index contributed by atoms with van der Waals surface area (Å²) in [6, 6.07) is 14.9. The minimum absolute atomic E-state index is 0.190. The van der Waals surface area contributed by atoms with Gasteiger partial charge in [-0.1, -0.05) is 18.2 Å². The molecule has 1 N–H and O–H groups in total. The highest BCUT2D eigenvalue weighted by molar-refractivity contribution is 7.14. The number of benzene rings is 1. The van der Waals surface area contributed by atoms with Crippen LogP contribution in [0.1, 0.15) is 14.5 Å². The fourth-order valence-electron chi connectivity index (χ4n) is 1.90. The van der Waals surface area contributed by atoms with Crippen LogP contribution in [0.3, 0.4) is 0 Å². The number of nitrogens with one attached hydrogen (secondary N) is 1. The van der Waals surface area contributed by atoms with Gasteiger partial charge in [-0.2, -0.15) is 5.26 Å². The van der Waals surface area contributed by atoms with E-state index in [4.69, 9.17) is 19.5 Å². The number of thiophene rings is 1. The quantitative estimate of drug-likeness (QED) is 0.623. The molecule has 0 saturated carbocycles. The van der Waals surface area contributed by atoms with E-state index in [1.54, 1.807) is 12.1 Å². The van der Waals surface area contributed by atoms with Gasteiger partial charge in [-0.25, -0.2) is 0 Å². The van der Waals surface area contributed by atoms with Crippen molar-refractivity contribution in [3.63, 3.8) is 0 Å². The number of hydrogen-bond donors (Lipinski definition) is 1. The molecule has 1 amide bonds. The predicted octanol–water partition coefficient (Wildman–Crippen LogP) is 2.46. The number of ether oxygens (including phenoxy) is 3. The molecule has 0 fully saturated rings. The van der Waals surface area contributed by atoms with Gasteiger partial charge in [-0.3, -0.25) is 4.79 Å². The van der Waals surface area contributed by atoms with E-state index in [1.165, 1.54) is 11.3 Å². The first-order chi connectivity index (χ1) is 12.3. The average molecular weight is 360 g/mol. The van der Waals surface area contributed by atoms with Crippen molar-refractivity contribution < 1.29 is 19.0 Å². The van der Waals surface area contributed by atoms with Crippen LogP contribution in [0.25, 0.3) is 0 Å². The third-order valence-corrected chi connectivity index (χ3v) is 4.07. The molecule has 0 saturated heterocycles. The van der Waals surface area contributed by atoms with Crippen LogP contribution in [-0.4, -0.2) is 45.5 Å². The molecule has 6 nitrogen and oxygen atoms in total. The van der Waals surface area contributed by atoms with Crippen molar-refractivity contribution in [2.75, 3.05) is 39.6 Å². The fourth-order valence-corrected chi connectivity index (χ4v) is 2.62. The van der Waals surface area contributed by atoms with Gasteiger partial charge in [0, 0.05) is 6.54 Å². The zero-order valence-corrected chi connectivity index (χ0v) is 14.6. The molecule has 1 aromatic heterocycles. The van der Waals surface area contributed by atoms with Crippen LogP contribution >= 0.6 is 11.3 Å². The lowest BCUT2D eigenvalue weighted by Gasteiger charge is -2.08. The first-order valence-electron chi connectivity index (χ1n) is 7.91. The molecule has 0 atom stereocenters. The summed E-state index contributed by atoms with van der Waals surface area (Å²) in [5.41, 5.74) is 0. The molecule has 0 aliphatic heterocycles. The van der Waals surface area contributed by atoms with Crippen LogP contribution in [-0.2, 0) is 9.47 Å². The number of para-hydroxylation sites is 1. The monoisotopic (exact) mass is 360 g/mol. The number of hydrogen-bond acceptors (Lipinski definition) is 6. The van der Waals surface area contributed by atoms with Crippen molar-refractivity contribution in [3.05, 3.63) is 52.2 Å². The third-order valence-electron chi connectivity index (χ3n) is 3.08. The first kappa shape index (κ1) is 18.9. The summed E-state index contributed by atoms with van der Waals surface area (Å²) in [4.78, 5) is 12.8. The van der Waals surface area contributed by atoms with Crippen LogP contribution in [0.15, 0.2) is 42.5 Å². The minimum Gasteiger partial charge on any atom is -0.491 e. The highest BCUT2D eigenvalue weighted by Gasteiger charge is 2.08. The Morgan fingerprint density at radius 3 is 2.44 bits per heavy atom. The Morgan fingerprint density at radius 2 is 1.72 bits per heavy atom. The molecule has 2 aromatic rings. The SMILES string of the molecule is N#Cc1ccc(C(=O)NCCOCCOCCOc2ccccc2)s1. The average Bonchev–Trinajstić information content (AvgIpc) is 3.13. The third kappa shape index (κ3) is 7.35. The summed E-state index contributed by atoms with van der Waals surface area (Å²) in [5.74, 6) is 0.634. The summed E-state index contributed by atoms with van der Waals surface area (Å²) in [5, 5.41) is 11.5. The van der Waals surface area contributed by atoms with Gasteiger partial charge in [0.1, 0.15) is 23.3 Å². The summed E-state index contributed by atoms with van der Waals surface area (Å²) in [6.45, 7) is 2.74. The molecule has 0 radical (unpaired) electrons. The Hall–Kier alpha value is -2.40. The zero-order valence-electron chi connectivity index (χ0n) is 13.8. The predicted molar refractivity (Wildman–Crippen MR) is 94.9 cm³/mol. The van der Waals surface area contributed by atoms with Crippen LogP contribution < -0.4 is 10.1 Å². The van der Waals surface area contributed by atoms with Gasteiger partial charge in [-0.15, -0.1) is 11.3 Å². The molecule has 25 heavy (non-hydrogen) atoms. The van der Waals surface area contributed by atoms with Crippen LogP contribution in [0.5, 0.6) is 5.75 Å². The number of carbonyl (C=O) groups excluding carboxylic acids is 1. The summed E-state index contributed by atoms with van der Waals surface area (Å²) < 4.78 is 16.3. The molecule has 1 heterocycles. The number of nitrogens with zero attached hydrogens (tertiary/aromatic N) is 1. The van der Waals surface area contributed by atoms with E-state index >= 15 is 0 Å². The lowest BCUT2D eigenvalue weighted by molar-refractivity contribution is 0.0370. The number of amides is 1. The Labute approximate surface area is 150 Å². The molecular weight excluding hydrogens is 340 g/mol. The second-order valence-electron chi connectivity index (χ2n) is 4.92. The molecule has 132 valence electrons. The van der Waals surface area contributed by atoms with Gasteiger partial charge >= 0.3 is 0 Å². The smallest absolute Gasteiger partial charge is 0.261 e. The first-order valence-corrected chi connectivity index (χ1v) is 8.72. The maximum absolute atomic E-state index is 11.8. The normalized spacial score (nSPS) is 10.2. The van der Waals surface area contributed by atoms with Gasteiger partial charge in [-0.05, 0) is 24.3 Å². The van der Waals surface area contributed by atoms with E-state index < -0.39 is 0 Å². The van der Waals surface area contributed by atoms with Crippen molar-refractivity contribution in [2.24, 2.45) is 0 Å². The van der Waals surface area contributed by atoms with Crippen LogP contribution in [0.4, 0.5) is 0 Å². The minimum atomic E-state index is -0.190. The van der Waals surface area contributed by atoms with E-state index in [9.17, 15) is 4.79 Å². The topological polar surface area (TPSA) is 80.6 Å². The lowest BCUT2D eigenvalue weighted by atomic mass is 10.3. The highest BCUT2D eigenvalue weighted by Crippen LogP contribution is 2.14. The lowest BCUT2D eigenvalue weighted by Crippen LogP contribution is -2.27. The van der Waals surface area contributed by atoms with Crippen molar-refractivity contribution in [1.82, 2.24) is 5.32 Å². The molecule has 0 unspecified atom stereocenters. The Bertz CT molecular complexity index is 682. The molecule has 1 aromatic carbocycles. The Morgan fingerprint density at radius 1 is 1.00 bits per heavy atom. The van der Waals surface area contributed by atoms with Crippen LogP contribution in [0, 0.1) is 11.3 Å². The van der Waals surface area contributed by atoms with E-state index in [-0.39, 0.29) is 5.91 Å². The maximum Gasteiger partial charge on any atom is 0.261 e. The molecule has 7 heteroatoms. The molecule has 0 aliphatic rings. The second kappa shape index (κ2) is 11.2. The molecule has 2 rings (SSSR count). The van der Waals surface area contributed by atoms with Gasteiger partial charge in [0.05, 0.1) is 31.3 Å². The van der Waals surface area contributed by atoms with E-state index in [1.807, 2.05) is 36.4 Å². The largest absolute Gasteiger partial charge is 0.491 e.